The molecule has 5 rings (SSSR count). The number of aromatic nitrogens is 1. The summed E-state index contributed by atoms with van der Waals surface area (Å²) in [5, 5.41) is 0. The van der Waals surface area contributed by atoms with Crippen LogP contribution in [0.15, 0.2) is 89.4 Å². The van der Waals surface area contributed by atoms with Gasteiger partial charge < -0.3 is 9.15 Å². The van der Waals surface area contributed by atoms with Crippen LogP contribution in [-0.4, -0.2) is 22.9 Å². The SMILES string of the molecule is CSc1ccc([C@H]2C(C(=O)OC(C)C)=C(C)N=c3s/c(=C\c4ccc(-c5ccc(C)cc5Br)o4)c(=O)n32)cc1. The normalized spacial score (nSPS) is 15.5. The molecule has 4 aromatic rings. The summed E-state index contributed by atoms with van der Waals surface area (Å²) in [5.74, 6) is 0.778. The minimum Gasteiger partial charge on any atom is -0.459 e. The number of ether oxygens (including phenoxy) is 1. The molecule has 0 bridgehead atoms. The number of nitrogens with zero attached hydrogens (tertiary/aromatic N) is 2. The van der Waals surface area contributed by atoms with Crippen LogP contribution in [0.4, 0.5) is 0 Å². The summed E-state index contributed by atoms with van der Waals surface area (Å²) in [7, 11) is 0. The lowest BCUT2D eigenvalue weighted by Gasteiger charge is -2.25. The first-order valence-corrected chi connectivity index (χ1v) is 15.2. The summed E-state index contributed by atoms with van der Waals surface area (Å²) in [6.45, 7) is 7.42. The molecular formula is C30H27BrN2O4S2. The molecule has 0 saturated heterocycles. The van der Waals surface area contributed by atoms with Crippen molar-refractivity contribution in [1.82, 2.24) is 4.57 Å². The number of esters is 1. The van der Waals surface area contributed by atoms with E-state index in [9.17, 15) is 9.59 Å². The summed E-state index contributed by atoms with van der Waals surface area (Å²) in [4.78, 5) is 33.4. The predicted octanol–water partition coefficient (Wildman–Crippen LogP) is 6.24. The second-order valence-corrected chi connectivity index (χ2v) is 12.2. The molecule has 0 N–H and O–H groups in total. The Labute approximate surface area is 242 Å². The number of hydrogen-bond acceptors (Lipinski definition) is 7. The van der Waals surface area contributed by atoms with Gasteiger partial charge in [0.2, 0.25) is 0 Å². The first-order chi connectivity index (χ1) is 18.7. The molecule has 39 heavy (non-hydrogen) atoms. The van der Waals surface area contributed by atoms with E-state index in [0.717, 1.165) is 26.1 Å². The molecule has 0 spiro atoms. The van der Waals surface area contributed by atoms with Crippen molar-refractivity contribution >= 4 is 51.1 Å². The van der Waals surface area contributed by atoms with Crippen molar-refractivity contribution in [2.45, 2.75) is 44.7 Å². The van der Waals surface area contributed by atoms with Crippen LogP contribution in [0.2, 0.25) is 0 Å². The maximum Gasteiger partial charge on any atom is 0.338 e. The van der Waals surface area contributed by atoms with Gasteiger partial charge in [-0.05, 0) is 81.5 Å². The Morgan fingerprint density at radius 3 is 2.56 bits per heavy atom. The van der Waals surface area contributed by atoms with Gasteiger partial charge in [0, 0.05) is 21.0 Å². The molecular weight excluding hydrogens is 596 g/mol. The lowest BCUT2D eigenvalue weighted by atomic mass is 9.96. The third kappa shape index (κ3) is 5.48. The van der Waals surface area contributed by atoms with Crippen molar-refractivity contribution in [3.8, 4) is 11.3 Å². The van der Waals surface area contributed by atoms with E-state index in [1.54, 1.807) is 43.2 Å². The number of carbonyl (C=O) groups excluding carboxylic acids is 1. The van der Waals surface area contributed by atoms with E-state index >= 15 is 0 Å². The van der Waals surface area contributed by atoms with Crippen LogP contribution in [0.5, 0.6) is 0 Å². The number of allylic oxidation sites excluding steroid dienone is 1. The van der Waals surface area contributed by atoms with Gasteiger partial charge >= 0.3 is 5.97 Å². The average Bonchev–Trinajstić information content (AvgIpc) is 3.47. The van der Waals surface area contributed by atoms with Gasteiger partial charge in [0.25, 0.3) is 5.56 Å². The highest BCUT2D eigenvalue weighted by atomic mass is 79.9. The van der Waals surface area contributed by atoms with Crippen molar-refractivity contribution < 1.29 is 13.9 Å². The Bertz CT molecular complexity index is 1780. The van der Waals surface area contributed by atoms with Crippen LogP contribution < -0.4 is 14.9 Å². The van der Waals surface area contributed by atoms with Crippen molar-refractivity contribution in [3.63, 3.8) is 0 Å². The van der Waals surface area contributed by atoms with Crippen LogP contribution in [-0.2, 0) is 9.53 Å². The topological polar surface area (TPSA) is 73.8 Å². The molecule has 1 atom stereocenters. The summed E-state index contributed by atoms with van der Waals surface area (Å²) >= 11 is 6.51. The zero-order chi connectivity index (χ0) is 27.8. The number of hydrogen-bond donors (Lipinski definition) is 0. The highest BCUT2D eigenvalue weighted by Crippen LogP contribution is 2.33. The standard InChI is InChI=1S/C30H27BrN2O4S2/c1-16(2)36-29(35)26-18(4)32-30-33(27(26)19-7-10-21(38-5)11-8-19)28(34)25(39-30)15-20-9-13-24(37-20)22-12-6-17(3)14-23(22)31/h6-16,27H,1-5H3/b25-15-/t27-/m0/s1. The van der Waals surface area contributed by atoms with Crippen molar-refractivity contribution in [2.75, 3.05) is 6.26 Å². The summed E-state index contributed by atoms with van der Waals surface area (Å²) in [5.41, 5.74) is 3.55. The van der Waals surface area contributed by atoms with Crippen LogP contribution in [0.25, 0.3) is 17.4 Å². The van der Waals surface area contributed by atoms with Crippen LogP contribution in [0.1, 0.15) is 43.7 Å². The van der Waals surface area contributed by atoms with Gasteiger partial charge in [-0.1, -0.05) is 45.5 Å². The van der Waals surface area contributed by atoms with Crippen molar-refractivity contribution in [1.29, 1.82) is 0 Å². The van der Waals surface area contributed by atoms with Crippen LogP contribution in [0, 0.1) is 6.92 Å². The molecule has 0 aliphatic carbocycles. The molecule has 2 aromatic carbocycles. The van der Waals surface area contributed by atoms with Gasteiger partial charge in [0.15, 0.2) is 4.80 Å². The van der Waals surface area contributed by atoms with E-state index < -0.39 is 12.0 Å². The highest BCUT2D eigenvalue weighted by molar-refractivity contribution is 9.10. The maximum absolute atomic E-state index is 13.8. The Kier molecular flexibility index (Phi) is 7.84. The van der Waals surface area contributed by atoms with E-state index in [0.29, 0.717) is 32.1 Å². The molecule has 0 radical (unpaired) electrons. The Balaban J connectivity index is 1.63. The Morgan fingerprint density at radius 1 is 1.15 bits per heavy atom. The number of halogens is 1. The molecule has 3 heterocycles. The summed E-state index contributed by atoms with van der Waals surface area (Å²) in [6.07, 6.45) is 3.43. The van der Waals surface area contributed by atoms with Crippen LogP contribution in [0.3, 0.4) is 0 Å². The quantitative estimate of drug-likeness (QED) is 0.188. The maximum atomic E-state index is 13.8. The molecule has 1 aliphatic heterocycles. The monoisotopic (exact) mass is 622 g/mol. The van der Waals surface area contributed by atoms with E-state index in [1.165, 1.54) is 11.3 Å². The first-order valence-electron chi connectivity index (χ1n) is 12.4. The third-order valence-corrected chi connectivity index (χ3v) is 8.69. The van der Waals surface area contributed by atoms with Gasteiger partial charge in [0.1, 0.15) is 11.5 Å². The Morgan fingerprint density at radius 2 is 1.90 bits per heavy atom. The molecule has 200 valence electrons. The molecule has 0 unspecified atom stereocenters. The highest BCUT2D eigenvalue weighted by Gasteiger charge is 2.33. The van der Waals surface area contributed by atoms with E-state index in [2.05, 4.69) is 20.9 Å². The van der Waals surface area contributed by atoms with Crippen molar-refractivity contribution in [3.05, 3.63) is 107 Å². The molecule has 0 amide bonds. The first kappa shape index (κ1) is 27.4. The fraction of sp³-hybridized carbons (Fsp3) is 0.233. The zero-order valence-corrected chi connectivity index (χ0v) is 25.4. The molecule has 0 fully saturated rings. The summed E-state index contributed by atoms with van der Waals surface area (Å²) < 4.78 is 14.7. The zero-order valence-electron chi connectivity index (χ0n) is 22.2. The molecule has 6 nitrogen and oxygen atoms in total. The number of thioether (sulfide) groups is 1. The number of furan rings is 1. The minimum atomic E-state index is -0.652. The lowest BCUT2D eigenvalue weighted by molar-refractivity contribution is -0.143. The van der Waals surface area contributed by atoms with Gasteiger partial charge in [-0.2, -0.15) is 0 Å². The number of aryl methyl sites for hydroxylation is 1. The molecule has 9 heteroatoms. The van der Waals surface area contributed by atoms with Gasteiger partial charge in [0.05, 0.1) is 27.9 Å². The average molecular weight is 624 g/mol. The minimum absolute atomic E-state index is 0.241. The van der Waals surface area contributed by atoms with Gasteiger partial charge in [-0.3, -0.25) is 9.36 Å². The second-order valence-electron chi connectivity index (χ2n) is 9.49. The fourth-order valence-electron chi connectivity index (χ4n) is 4.49. The molecule has 2 aromatic heterocycles. The number of carbonyl (C=O) groups is 1. The van der Waals surface area contributed by atoms with E-state index in [1.807, 2.05) is 67.8 Å². The van der Waals surface area contributed by atoms with Gasteiger partial charge in [-0.15, -0.1) is 11.8 Å². The van der Waals surface area contributed by atoms with Crippen LogP contribution >= 0.6 is 39.0 Å². The third-order valence-electron chi connectivity index (χ3n) is 6.31. The van der Waals surface area contributed by atoms with E-state index in [4.69, 9.17) is 9.15 Å². The number of thiazole rings is 1. The largest absolute Gasteiger partial charge is 0.459 e. The lowest BCUT2D eigenvalue weighted by Crippen LogP contribution is -2.40. The van der Waals surface area contributed by atoms with Gasteiger partial charge in [-0.25, -0.2) is 9.79 Å². The fourth-order valence-corrected chi connectivity index (χ4v) is 6.61. The predicted molar refractivity (Wildman–Crippen MR) is 160 cm³/mol. The number of benzene rings is 2. The van der Waals surface area contributed by atoms with E-state index in [-0.39, 0.29) is 11.7 Å². The second kappa shape index (κ2) is 11.2. The van der Waals surface area contributed by atoms with Crippen molar-refractivity contribution in [2.24, 2.45) is 4.99 Å². The smallest absolute Gasteiger partial charge is 0.338 e. The molecule has 1 aliphatic rings. The Hall–Kier alpha value is -3.14. The number of rotatable bonds is 6. The number of fused-ring (bicyclic) bond motifs is 1. The molecule has 0 saturated carbocycles. The summed E-state index contributed by atoms with van der Waals surface area (Å²) in [6, 6.07) is 17.0.